The van der Waals surface area contributed by atoms with E-state index in [9.17, 15) is 4.79 Å². The van der Waals surface area contributed by atoms with Crippen molar-refractivity contribution in [2.75, 3.05) is 7.11 Å². The van der Waals surface area contributed by atoms with E-state index in [4.69, 9.17) is 9.47 Å². The summed E-state index contributed by atoms with van der Waals surface area (Å²) in [6, 6.07) is 0. The van der Waals surface area contributed by atoms with Crippen LogP contribution in [-0.4, -0.2) is 24.4 Å². The third-order valence-electron chi connectivity index (χ3n) is 2.08. The highest BCUT2D eigenvalue weighted by Gasteiger charge is 2.25. The molecule has 0 aromatic carbocycles. The zero-order valence-corrected chi connectivity index (χ0v) is 11.6. The van der Waals surface area contributed by atoms with Crippen molar-refractivity contribution in [2.24, 2.45) is 0 Å². The molecule has 0 aliphatic carbocycles. The van der Waals surface area contributed by atoms with E-state index >= 15 is 0 Å². The number of allylic oxidation sites excluding steroid dienone is 2. The number of alkyl carbamates (subject to hydrolysis) is 1. The Bertz CT molecular complexity index is 311. The predicted octanol–water partition coefficient (Wildman–Crippen LogP) is 3.01. The van der Waals surface area contributed by atoms with Gasteiger partial charge in [-0.1, -0.05) is 12.7 Å². The summed E-state index contributed by atoms with van der Waals surface area (Å²) < 4.78 is 10.5. The molecule has 0 radical (unpaired) electrons. The molecule has 0 saturated heterocycles. The molecule has 1 amide bonds. The van der Waals surface area contributed by atoms with Gasteiger partial charge in [-0.15, -0.1) is 0 Å². The van der Waals surface area contributed by atoms with Gasteiger partial charge in [0.1, 0.15) is 11.2 Å². The van der Waals surface area contributed by atoms with Crippen molar-refractivity contribution in [3.8, 4) is 0 Å². The minimum absolute atomic E-state index is 0.504. The molecule has 0 atom stereocenters. The first kappa shape index (κ1) is 15.7. The normalized spacial score (nSPS) is 13.2. The number of methoxy groups -OCH3 is 1. The molecule has 0 heterocycles. The van der Waals surface area contributed by atoms with Crippen LogP contribution in [0.15, 0.2) is 24.4 Å². The highest BCUT2D eigenvalue weighted by atomic mass is 16.6. The summed E-state index contributed by atoms with van der Waals surface area (Å²) in [5.41, 5.74) is -0.532. The van der Waals surface area contributed by atoms with Gasteiger partial charge in [-0.25, -0.2) is 4.79 Å². The van der Waals surface area contributed by atoms with Gasteiger partial charge in [-0.2, -0.15) is 0 Å². The molecule has 0 saturated carbocycles. The summed E-state index contributed by atoms with van der Waals surface area (Å²) in [6.07, 6.45) is 2.77. The fourth-order valence-corrected chi connectivity index (χ4v) is 1.03. The summed E-state index contributed by atoms with van der Waals surface area (Å²) in [6.45, 7) is 12.7. The third kappa shape index (κ3) is 6.12. The summed E-state index contributed by atoms with van der Waals surface area (Å²) in [5, 5.41) is 2.67. The van der Waals surface area contributed by atoms with E-state index < -0.39 is 17.3 Å². The maximum absolute atomic E-state index is 11.6. The van der Waals surface area contributed by atoms with Crippen molar-refractivity contribution in [3.05, 3.63) is 24.4 Å². The van der Waals surface area contributed by atoms with Gasteiger partial charge >= 0.3 is 6.09 Å². The number of rotatable bonds is 4. The van der Waals surface area contributed by atoms with Gasteiger partial charge in [0.2, 0.25) is 0 Å². The van der Waals surface area contributed by atoms with Crippen LogP contribution in [0.2, 0.25) is 0 Å². The second-order valence-electron chi connectivity index (χ2n) is 5.16. The molecular weight excluding hydrogens is 218 g/mol. The van der Waals surface area contributed by atoms with Crippen LogP contribution in [0.4, 0.5) is 4.79 Å². The van der Waals surface area contributed by atoms with E-state index in [1.807, 2.05) is 34.6 Å². The number of carbonyl (C=O) groups excluding carboxylic acids is 1. The number of hydrogen-bond donors (Lipinski definition) is 1. The van der Waals surface area contributed by atoms with Gasteiger partial charge in [-0.3, -0.25) is 5.32 Å². The lowest BCUT2D eigenvalue weighted by atomic mass is 10.0. The molecule has 1 N–H and O–H groups in total. The predicted molar refractivity (Wildman–Crippen MR) is 68.7 cm³/mol. The Morgan fingerprint density at radius 3 is 2.12 bits per heavy atom. The van der Waals surface area contributed by atoms with E-state index in [2.05, 4.69) is 11.9 Å². The second-order valence-corrected chi connectivity index (χ2v) is 5.16. The first-order chi connectivity index (χ1) is 7.62. The standard InChI is InChI=1S/C13H23NO3/c1-8-9-10(13(5,6)16-7)14-11(15)17-12(2,3)4/h8-9H,1H2,2-7H3,(H,14,15)/b10-9+. The Morgan fingerprint density at radius 2 is 1.76 bits per heavy atom. The van der Waals surface area contributed by atoms with E-state index in [1.165, 1.54) is 0 Å². The zero-order valence-electron chi connectivity index (χ0n) is 11.6. The number of amides is 1. The summed E-state index contributed by atoms with van der Waals surface area (Å²) in [7, 11) is 1.58. The molecule has 0 fully saturated rings. The Balaban J connectivity index is 4.75. The third-order valence-corrected chi connectivity index (χ3v) is 2.08. The number of hydrogen-bond acceptors (Lipinski definition) is 3. The molecule has 4 heteroatoms. The molecule has 0 aliphatic heterocycles. The van der Waals surface area contributed by atoms with Crippen LogP contribution in [0.3, 0.4) is 0 Å². The molecule has 0 aliphatic rings. The minimum atomic E-state index is -0.606. The Labute approximate surface area is 104 Å². The van der Waals surface area contributed by atoms with Crippen molar-refractivity contribution < 1.29 is 14.3 Å². The Hall–Kier alpha value is -1.29. The molecule has 0 aromatic rings. The summed E-state index contributed by atoms with van der Waals surface area (Å²) in [5.74, 6) is 0. The second kappa shape index (κ2) is 5.87. The highest BCUT2D eigenvalue weighted by Crippen LogP contribution is 2.18. The average Bonchev–Trinajstić information content (AvgIpc) is 2.14. The first-order valence-electron chi connectivity index (χ1n) is 5.51. The molecule has 0 bridgehead atoms. The van der Waals surface area contributed by atoms with Crippen molar-refractivity contribution >= 4 is 6.09 Å². The van der Waals surface area contributed by atoms with Crippen molar-refractivity contribution in [1.82, 2.24) is 5.32 Å². The van der Waals surface area contributed by atoms with Crippen molar-refractivity contribution in [3.63, 3.8) is 0 Å². The zero-order chi connectivity index (χ0) is 13.7. The van der Waals surface area contributed by atoms with Gasteiger partial charge < -0.3 is 9.47 Å². The SMILES string of the molecule is C=C/C=C(/NC(=O)OC(C)(C)C)C(C)(C)OC. The van der Waals surface area contributed by atoms with Crippen molar-refractivity contribution in [1.29, 1.82) is 0 Å². The maximum Gasteiger partial charge on any atom is 0.411 e. The van der Waals surface area contributed by atoms with E-state index in [0.29, 0.717) is 5.70 Å². The molecule has 0 unspecified atom stereocenters. The highest BCUT2D eigenvalue weighted by molar-refractivity contribution is 5.70. The summed E-state index contributed by atoms with van der Waals surface area (Å²) >= 11 is 0. The van der Waals surface area contributed by atoms with Gasteiger partial charge in [-0.05, 0) is 40.7 Å². The number of carbonyl (C=O) groups is 1. The van der Waals surface area contributed by atoms with Crippen LogP contribution < -0.4 is 5.32 Å². The Kier molecular flexibility index (Phi) is 5.42. The minimum Gasteiger partial charge on any atom is -0.444 e. The van der Waals surface area contributed by atoms with Crippen LogP contribution in [0.25, 0.3) is 0 Å². The van der Waals surface area contributed by atoms with Gasteiger partial charge in [0.15, 0.2) is 0 Å². The van der Waals surface area contributed by atoms with Crippen LogP contribution in [0.5, 0.6) is 0 Å². The van der Waals surface area contributed by atoms with Gasteiger partial charge in [0.25, 0.3) is 0 Å². The fourth-order valence-electron chi connectivity index (χ4n) is 1.03. The summed E-state index contributed by atoms with van der Waals surface area (Å²) in [4.78, 5) is 11.6. The van der Waals surface area contributed by atoms with Crippen LogP contribution in [0.1, 0.15) is 34.6 Å². The average molecular weight is 241 g/mol. The number of nitrogens with one attached hydrogen (secondary N) is 1. The largest absolute Gasteiger partial charge is 0.444 e. The molecule has 98 valence electrons. The fraction of sp³-hybridized carbons (Fsp3) is 0.615. The molecule has 4 nitrogen and oxygen atoms in total. The van der Waals surface area contributed by atoms with E-state index in [-0.39, 0.29) is 0 Å². The molecule has 0 spiro atoms. The lowest BCUT2D eigenvalue weighted by molar-refractivity contribution is 0.0348. The lowest BCUT2D eigenvalue weighted by Crippen LogP contribution is -2.40. The lowest BCUT2D eigenvalue weighted by Gasteiger charge is -2.28. The molecular formula is C13H23NO3. The van der Waals surface area contributed by atoms with Gasteiger partial charge in [0.05, 0.1) is 5.70 Å². The molecule has 0 aromatic heterocycles. The first-order valence-corrected chi connectivity index (χ1v) is 5.51. The molecule has 17 heavy (non-hydrogen) atoms. The smallest absolute Gasteiger partial charge is 0.411 e. The monoisotopic (exact) mass is 241 g/mol. The van der Waals surface area contributed by atoms with Crippen LogP contribution >= 0.6 is 0 Å². The topological polar surface area (TPSA) is 47.6 Å². The molecule has 0 rings (SSSR count). The quantitative estimate of drug-likeness (QED) is 0.770. The van der Waals surface area contributed by atoms with Crippen molar-refractivity contribution in [2.45, 2.75) is 45.8 Å². The van der Waals surface area contributed by atoms with Crippen LogP contribution in [0, 0.1) is 0 Å². The van der Waals surface area contributed by atoms with E-state index in [0.717, 1.165) is 0 Å². The number of ether oxygens (including phenoxy) is 2. The van der Waals surface area contributed by atoms with Gasteiger partial charge in [0, 0.05) is 7.11 Å². The van der Waals surface area contributed by atoms with Crippen LogP contribution in [-0.2, 0) is 9.47 Å². The van der Waals surface area contributed by atoms with E-state index in [1.54, 1.807) is 19.3 Å². The Morgan fingerprint density at radius 1 is 1.24 bits per heavy atom. The maximum atomic E-state index is 11.6.